The number of rotatable bonds is 16. The predicted octanol–water partition coefficient (Wildman–Crippen LogP) is 2.22. The molecule has 0 saturated carbocycles. The molecule has 212 valence electrons. The van der Waals surface area contributed by atoms with Crippen molar-refractivity contribution in [3.05, 3.63) is 66.3 Å². The van der Waals surface area contributed by atoms with Crippen LogP contribution in [-0.4, -0.2) is 87.5 Å². The lowest BCUT2D eigenvalue weighted by Gasteiger charge is -2.21. The number of nitrogens with one attached hydrogen (secondary N) is 2. The number of esters is 2. The van der Waals surface area contributed by atoms with Crippen molar-refractivity contribution in [2.45, 2.75) is 13.8 Å². The number of hydrogen-bond donors (Lipinski definition) is 2. The van der Waals surface area contributed by atoms with Crippen LogP contribution in [0, 0.1) is 0 Å². The van der Waals surface area contributed by atoms with Gasteiger partial charge in [0.15, 0.2) is 0 Å². The van der Waals surface area contributed by atoms with E-state index >= 15 is 0 Å². The highest BCUT2D eigenvalue weighted by molar-refractivity contribution is 5.91. The molecule has 1 rings (SSSR count). The Bertz CT molecular complexity index is 986. The molecule has 2 N–H and O–H groups in total. The highest BCUT2D eigenvalue weighted by atomic mass is 16.6. The quantitative estimate of drug-likeness (QED) is 0.138. The molecule has 0 atom stereocenters. The van der Waals surface area contributed by atoms with Gasteiger partial charge in [0.25, 0.3) is 0 Å². The fourth-order valence-electron chi connectivity index (χ4n) is 2.61. The van der Waals surface area contributed by atoms with E-state index in [-0.39, 0.29) is 69.7 Å². The Hall–Kier alpha value is -4.61. The first kappa shape index (κ1) is 32.4. The van der Waals surface area contributed by atoms with Crippen LogP contribution in [-0.2, 0) is 33.3 Å². The van der Waals surface area contributed by atoms with E-state index in [1.54, 1.807) is 6.08 Å². The number of nitrogens with zero attached hydrogens (tertiary/aromatic N) is 1. The summed E-state index contributed by atoms with van der Waals surface area (Å²) < 4.78 is 19.9. The fourth-order valence-corrected chi connectivity index (χ4v) is 2.61. The average Bonchev–Trinajstić information content (AvgIpc) is 2.91. The highest BCUT2D eigenvalue weighted by Crippen LogP contribution is 2.03. The number of benzene rings is 1. The first-order valence-electron chi connectivity index (χ1n) is 12.1. The molecule has 0 heterocycles. The van der Waals surface area contributed by atoms with E-state index < -0.39 is 24.1 Å². The summed E-state index contributed by atoms with van der Waals surface area (Å²) in [6.07, 6.45) is 1.49. The molecule has 0 saturated heterocycles. The summed E-state index contributed by atoms with van der Waals surface area (Å²) in [5, 5.41) is 4.85. The second kappa shape index (κ2) is 18.6. The Labute approximate surface area is 227 Å². The summed E-state index contributed by atoms with van der Waals surface area (Å²) in [5.74, 6) is -1.51. The molecule has 0 aliphatic rings. The number of alkyl carbamates (subject to hydrolysis) is 2. The van der Waals surface area contributed by atoms with Crippen LogP contribution in [0.2, 0.25) is 0 Å². The Morgan fingerprint density at radius 2 is 1.21 bits per heavy atom. The van der Waals surface area contributed by atoms with Gasteiger partial charge in [-0.2, -0.15) is 0 Å². The zero-order valence-corrected chi connectivity index (χ0v) is 22.2. The van der Waals surface area contributed by atoms with Crippen molar-refractivity contribution in [3.63, 3.8) is 0 Å². The van der Waals surface area contributed by atoms with Crippen molar-refractivity contribution in [1.29, 1.82) is 0 Å². The zero-order valence-electron chi connectivity index (χ0n) is 22.2. The molecule has 0 unspecified atom stereocenters. The molecular formula is C27H35N3O9. The average molecular weight is 546 g/mol. The van der Waals surface area contributed by atoms with Crippen LogP contribution < -0.4 is 10.6 Å². The number of carbonyl (C=O) groups is 5. The molecule has 3 amide bonds. The molecule has 12 heteroatoms. The second-order valence-corrected chi connectivity index (χ2v) is 8.03. The van der Waals surface area contributed by atoms with Gasteiger partial charge >= 0.3 is 24.1 Å². The normalized spacial score (nSPS) is 10.2. The molecule has 1 aromatic carbocycles. The first-order chi connectivity index (χ1) is 18.6. The van der Waals surface area contributed by atoms with Gasteiger partial charge < -0.3 is 34.5 Å². The van der Waals surface area contributed by atoms with Crippen molar-refractivity contribution in [2.75, 3.05) is 52.6 Å². The lowest BCUT2D eigenvalue weighted by molar-refractivity contribution is -0.139. The van der Waals surface area contributed by atoms with Crippen LogP contribution in [0.3, 0.4) is 0 Å². The Morgan fingerprint density at radius 3 is 1.64 bits per heavy atom. The van der Waals surface area contributed by atoms with E-state index in [1.165, 1.54) is 24.8 Å². The SMILES string of the molecule is C=C(C)C(=O)OCCNC(=O)OCCN(CCOC(=O)NCCOC(=O)C(=C)C)C(=O)/C=C/c1ccccc1. The molecule has 0 bridgehead atoms. The summed E-state index contributed by atoms with van der Waals surface area (Å²) in [5.41, 5.74) is 1.31. The van der Waals surface area contributed by atoms with Gasteiger partial charge in [-0.1, -0.05) is 43.5 Å². The number of amides is 3. The van der Waals surface area contributed by atoms with Gasteiger partial charge in [-0.15, -0.1) is 0 Å². The topological polar surface area (TPSA) is 150 Å². The molecule has 0 fully saturated rings. The van der Waals surface area contributed by atoms with Crippen LogP contribution in [0.25, 0.3) is 6.08 Å². The Morgan fingerprint density at radius 1 is 0.744 bits per heavy atom. The molecular weight excluding hydrogens is 510 g/mol. The summed E-state index contributed by atoms with van der Waals surface area (Å²) in [6, 6.07) is 9.18. The van der Waals surface area contributed by atoms with Crippen LogP contribution in [0.5, 0.6) is 0 Å². The minimum Gasteiger partial charge on any atom is -0.460 e. The lowest BCUT2D eigenvalue weighted by Crippen LogP contribution is -2.38. The zero-order chi connectivity index (χ0) is 29.0. The van der Waals surface area contributed by atoms with Crippen molar-refractivity contribution < 1.29 is 42.9 Å². The van der Waals surface area contributed by atoms with E-state index in [4.69, 9.17) is 18.9 Å². The Balaban J connectivity index is 2.50. The standard InChI is InChI=1S/C27H35N3O9/c1-20(2)24(32)36-16-12-28-26(34)38-18-14-30(23(31)11-10-22-8-6-5-7-9-22)15-19-39-27(35)29-13-17-37-25(33)21(3)4/h5-11H,1,3,12-19H2,2,4H3,(H,28,34)(H,29,35)/b11-10+. The molecule has 0 aliphatic carbocycles. The molecule has 0 aromatic heterocycles. The maximum Gasteiger partial charge on any atom is 0.407 e. The van der Waals surface area contributed by atoms with Crippen LogP contribution in [0.15, 0.2) is 60.7 Å². The molecule has 39 heavy (non-hydrogen) atoms. The van der Waals surface area contributed by atoms with Crippen LogP contribution in [0.1, 0.15) is 19.4 Å². The number of ether oxygens (including phenoxy) is 4. The Kier molecular flexibility index (Phi) is 15.5. The van der Waals surface area contributed by atoms with E-state index in [0.29, 0.717) is 0 Å². The molecule has 0 spiro atoms. The minimum absolute atomic E-state index is 0.0257. The van der Waals surface area contributed by atoms with Gasteiger partial charge in [0.05, 0.1) is 26.2 Å². The first-order valence-corrected chi connectivity index (χ1v) is 12.1. The van der Waals surface area contributed by atoms with E-state index in [2.05, 4.69) is 23.8 Å². The van der Waals surface area contributed by atoms with Gasteiger partial charge in [-0.3, -0.25) is 4.79 Å². The summed E-state index contributed by atoms with van der Waals surface area (Å²) in [7, 11) is 0. The summed E-state index contributed by atoms with van der Waals surface area (Å²) in [4.78, 5) is 60.5. The second-order valence-electron chi connectivity index (χ2n) is 8.03. The van der Waals surface area contributed by atoms with Crippen LogP contribution >= 0.6 is 0 Å². The van der Waals surface area contributed by atoms with Gasteiger partial charge in [0.2, 0.25) is 5.91 Å². The molecule has 12 nitrogen and oxygen atoms in total. The van der Waals surface area contributed by atoms with E-state index in [0.717, 1.165) is 5.56 Å². The van der Waals surface area contributed by atoms with E-state index in [9.17, 15) is 24.0 Å². The largest absolute Gasteiger partial charge is 0.460 e. The summed E-state index contributed by atoms with van der Waals surface area (Å²) >= 11 is 0. The van der Waals surface area contributed by atoms with Gasteiger partial charge in [-0.05, 0) is 25.5 Å². The third-order valence-corrected chi connectivity index (χ3v) is 4.62. The van der Waals surface area contributed by atoms with Crippen molar-refractivity contribution >= 4 is 36.1 Å². The number of carbonyl (C=O) groups excluding carboxylic acids is 5. The van der Waals surface area contributed by atoms with Crippen LogP contribution in [0.4, 0.5) is 9.59 Å². The minimum atomic E-state index is -0.753. The van der Waals surface area contributed by atoms with E-state index in [1.807, 2.05) is 30.3 Å². The third kappa shape index (κ3) is 15.3. The molecule has 1 aromatic rings. The van der Waals surface area contributed by atoms with Crippen molar-refractivity contribution in [3.8, 4) is 0 Å². The maximum absolute atomic E-state index is 12.7. The fraction of sp³-hybridized carbons (Fsp3) is 0.370. The molecule has 0 radical (unpaired) electrons. The van der Waals surface area contributed by atoms with Crippen molar-refractivity contribution in [2.24, 2.45) is 0 Å². The third-order valence-electron chi connectivity index (χ3n) is 4.62. The maximum atomic E-state index is 12.7. The predicted molar refractivity (Wildman–Crippen MR) is 142 cm³/mol. The molecule has 0 aliphatic heterocycles. The summed E-state index contributed by atoms with van der Waals surface area (Å²) in [6.45, 7) is 9.68. The lowest BCUT2D eigenvalue weighted by atomic mass is 10.2. The van der Waals surface area contributed by atoms with Gasteiger partial charge in [0.1, 0.15) is 26.4 Å². The monoisotopic (exact) mass is 545 g/mol. The highest BCUT2D eigenvalue weighted by Gasteiger charge is 2.14. The van der Waals surface area contributed by atoms with Gasteiger partial charge in [-0.25, -0.2) is 19.2 Å². The smallest absolute Gasteiger partial charge is 0.407 e. The number of hydrogen-bond acceptors (Lipinski definition) is 9. The van der Waals surface area contributed by atoms with Gasteiger partial charge in [0, 0.05) is 17.2 Å². The van der Waals surface area contributed by atoms with Crippen molar-refractivity contribution in [1.82, 2.24) is 15.5 Å².